The fraction of sp³-hybridized carbons (Fsp3) is 0.238. The third-order valence-corrected chi connectivity index (χ3v) is 5.69. The number of anilines is 2. The predicted octanol–water partition coefficient (Wildman–Crippen LogP) is 3.27. The number of pyridine rings is 1. The first-order valence-corrected chi connectivity index (χ1v) is 10.3. The van der Waals surface area contributed by atoms with Gasteiger partial charge in [-0.2, -0.15) is 4.37 Å². The highest BCUT2D eigenvalue weighted by molar-refractivity contribution is 7.09. The van der Waals surface area contributed by atoms with E-state index in [9.17, 15) is 14.0 Å². The topological polar surface area (TPSA) is 78.4 Å². The van der Waals surface area contributed by atoms with Crippen LogP contribution in [0.25, 0.3) is 11.4 Å². The summed E-state index contributed by atoms with van der Waals surface area (Å²) in [6.45, 7) is 3.33. The average Bonchev–Trinajstić information content (AvgIpc) is 3.17. The molecule has 1 aliphatic rings. The molecular formula is C21H20FN5O2S. The zero-order valence-electron chi connectivity index (χ0n) is 16.3. The highest BCUT2D eigenvalue weighted by Crippen LogP contribution is 2.33. The van der Waals surface area contributed by atoms with Gasteiger partial charge in [-0.15, -0.1) is 0 Å². The first-order valence-electron chi connectivity index (χ1n) is 9.52. The van der Waals surface area contributed by atoms with Crippen LogP contribution >= 0.6 is 11.5 Å². The fourth-order valence-electron chi connectivity index (χ4n) is 3.41. The maximum atomic E-state index is 14.1. The smallest absolute Gasteiger partial charge is 0.267 e. The highest BCUT2D eigenvalue weighted by atomic mass is 32.1. The number of para-hydroxylation sites is 1. The van der Waals surface area contributed by atoms with Crippen molar-refractivity contribution in [3.05, 3.63) is 59.4 Å². The third kappa shape index (κ3) is 4.02. The lowest BCUT2D eigenvalue weighted by atomic mass is 10.2. The number of aromatic nitrogens is 2. The number of benzene rings is 1. The number of amides is 2. The lowest BCUT2D eigenvalue weighted by Crippen LogP contribution is -2.49. The average molecular weight is 425 g/mol. The van der Waals surface area contributed by atoms with Crippen molar-refractivity contribution in [3.63, 3.8) is 0 Å². The Kier molecular flexibility index (Phi) is 5.71. The lowest BCUT2D eigenvalue weighted by molar-refractivity contribution is -0.114. The molecule has 1 aliphatic heterocycles. The minimum absolute atomic E-state index is 0.202. The largest absolute Gasteiger partial charge is 0.366 e. The molecule has 0 spiro atoms. The van der Waals surface area contributed by atoms with Gasteiger partial charge in [0.15, 0.2) is 0 Å². The summed E-state index contributed by atoms with van der Waals surface area (Å²) < 4.78 is 18.4. The van der Waals surface area contributed by atoms with E-state index in [1.165, 1.54) is 13.0 Å². The van der Waals surface area contributed by atoms with Gasteiger partial charge in [-0.1, -0.05) is 18.2 Å². The maximum absolute atomic E-state index is 14.1. The molecule has 0 unspecified atom stereocenters. The first-order chi connectivity index (χ1) is 14.5. The molecule has 1 N–H and O–H groups in total. The molecule has 2 aromatic heterocycles. The van der Waals surface area contributed by atoms with E-state index in [-0.39, 0.29) is 17.6 Å². The van der Waals surface area contributed by atoms with Gasteiger partial charge in [0.05, 0.1) is 17.1 Å². The number of halogens is 1. The zero-order chi connectivity index (χ0) is 21.1. The minimum atomic E-state index is -0.286. The van der Waals surface area contributed by atoms with Crippen molar-refractivity contribution in [3.8, 4) is 11.4 Å². The highest BCUT2D eigenvalue weighted by Gasteiger charge is 2.29. The second kappa shape index (κ2) is 8.58. The Bertz CT molecular complexity index is 1060. The standard InChI is InChI=1S/C21H20FN5O2S/c1-14(28)24-19-18(16-7-4-5-9-23-16)25-30-20(19)21(29)27-12-10-26(11-13-27)17-8-3-2-6-15(17)22/h2-9H,10-13H2,1H3,(H,24,28). The van der Waals surface area contributed by atoms with E-state index in [2.05, 4.69) is 14.7 Å². The molecule has 0 saturated carbocycles. The Morgan fingerprint density at radius 1 is 1.07 bits per heavy atom. The van der Waals surface area contributed by atoms with E-state index >= 15 is 0 Å². The van der Waals surface area contributed by atoms with Gasteiger partial charge in [0.2, 0.25) is 5.91 Å². The summed E-state index contributed by atoms with van der Waals surface area (Å²) in [5, 5.41) is 2.74. The summed E-state index contributed by atoms with van der Waals surface area (Å²) in [6.07, 6.45) is 1.63. The van der Waals surface area contributed by atoms with E-state index in [1.807, 2.05) is 11.0 Å². The molecule has 3 heterocycles. The maximum Gasteiger partial charge on any atom is 0.267 e. The first kappa shape index (κ1) is 20.0. The van der Waals surface area contributed by atoms with E-state index in [0.29, 0.717) is 53.8 Å². The van der Waals surface area contributed by atoms with Crippen LogP contribution in [0.3, 0.4) is 0 Å². The van der Waals surface area contributed by atoms with Crippen molar-refractivity contribution >= 4 is 34.7 Å². The molecular weight excluding hydrogens is 405 g/mol. The number of hydrogen-bond donors (Lipinski definition) is 1. The van der Waals surface area contributed by atoms with Crippen molar-refractivity contribution in [2.24, 2.45) is 0 Å². The molecule has 2 amide bonds. The monoisotopic (exact) mass is 425 g/mol. The summed E-state index contributed by atoms with van der Waals surface area (Å²) in [4.78, 5) is 33.2. The molecule has 0 atom stereocenters. The normalized spacial score (nSPS) is 13.9. The summed E-state index contributed by atoms with van der Waals surface area (Å²) >= 11 is 1.04. The second-order valence-electron chi connectivity index (χ2n) is 6.86. The third-order valence-electron chi connectivity index (χ3n) is 4.85. The van der Waals surface area contributed by atoms with Crippen LogP contribution in [0.5, 0.6) is 0 Å². The molecule has 30 heavy (non-hydrogen) atoms. The zero-order valence-corrected chi connectivity index (χ0v) is 17.2. The molecule has 7 nitrogen and oxygen atoms in total. The summed E-state index contributed by atoms with van der Waals surface area (Å²) in [6, 6.07) is 12.0. The Labute approximate surface area is 177 Å². The molecule has 4 rings (SSSR count). The van der Waals surface area contributed by atoms with E-state index in [4.69, 9.17) is 0 Å². The van der Waals surface area contributed by atoms with Gasteiger partial charge in [0, 0.05) is 39.3 Å². The van der Waals surface area contributed by atoms with Crippen molar-refractivity contribution in [2.75, 3.05) is 36.4 Å². The van der Waals surface area contributed by atoms with Crippen LogP contribution in [0.15, 0.2) is 48.7 Å². The molecule has 0 radical (unpaired) electrons. The number of nitrogens with one attached hydrogen (secondary N) is 1. The lowest BCUT2D eigenvalue weighted by Gasteiger charge is -2.36. The van der Waals surface area contributed by atoms with Gasteiger partial charge < -0.3 is 15.1 Å². The van der Waals surface area contributed by atoms with Crippen LogP contribution in [0.1, 0.15) is 16.6 Å². The molecule has 3 aromatic rings. The summed E-state index contributed by atoms with van der Waals surface area (Å²) in [5.74, 6) is -0.759. The van der Waals surface area contributed by atoms with Crippen LogP contribution in [-0.2, 0) is 4.79 Å². The van der Waals surface area contributed by atoms with E-state index in [0.717, 1.165) is 11.5 Å². The van der Waals surface area contributed by atoms with Crippen LogP contribution in [0.4, 0.5) is 15.8 Å². The Balaban J connectivity index is 1.55. The van der Waals surface area contributed by atoms with Gasteiger partial charge >= 0.3 is 0 Å². The number of carbonyl (C=O) groups excluding carboxylic acids is 2. The fourth-order valence-corrected chi connectivity index (χ4v) is 4.22. The van der Waals surface area contributed by atoms with Gasteiger partial charge in [0.1, 0.15) is 16.4 Å². The summed E-state index contributed by atoms with van der Waals surface area (Å²) in [5.41, 5.74) is 1.98. The minimum Gasteiger partial charge on any atom is -0.366 e. The predicted molar refractivity (Wildman–Crippen MR) is 114 cm³/mol. The number of nitrogens with zero attached hydrogens (tertiary/aromatic N) is 4. The molecule has 154 valence electrons. The quantitative estimate of drug-likeness (QED) is 0.694. The number of piperazine rings is 1. The van der Waals surface area contributed by atoms with Gasteiger partial charge in [-0.05, 0) is 35.8 Å². The van der Waals surface area contributed by atoms with E-state index < -0.39 is 0 Å². The van der Waals surface area contributed by atoms with Gasteiger partial charge in [-0.25, -0.2) is 4.39 Å². The van der Waals surface area contributed by atoms with Crippen LogP contribution in [0, 0.1) is 5.82 Å². The van der Waals surface area contributed by atoms with Crippen LogP contribution in [0.2, 0.25) is 0 Å². The molecule has 1 fully saturated rings. The number of carbonyl (C=O) groups is 2. The van der Waals surface area contributed by atoms with Crippen molar-refractivity contribution in [1.82, 2.24) is 14.3 Å². The molecule has 0 aliphatic carbocycles. The molecule has 1 aromatic carbocycles. The summed E-state index contributed by atoms with van der Waals surface area (Å²) in [7, 11) is 0. The van der Waals surface area contributed by atoms with Gasteiger partial charge in [0.25, 0.3) is 5.91 Å². The molecule has 0 bridgehead atoms. The van der Waals surface area contributed by atoms with Gasteiger partial charge in [-0.3, -0.25) is 14.6 Å². The number of rotatable bonds is 4. The van der Waals surface area contributed by atoms with Crippen molar-refractivity contribution in [2.45, 2.75) is 6.92 Å². The van der Waals surface area contributed by atoms with Crippen molar-refractivity contribution in [1.29, 1.82) is 0 Å². The van der Waals surface area contributed by atoms with Crippen LogP contribution in [-0.4, -0.2) is 52.3 Å². The van der Waals surface area contributed by atoms with Crippen LogP contribution < -0.4 is 10.2 Å². The van der Waals surface area contributed by atoms with E-state index in [1.54, 1.807) is 41.4 Å². The second-order valence-corrected chi connectivity index (χ2v) is 7.64. The SMILES string of the molecule is CC(=O)Nc1c(-c2ccccn2)nsc1C(=O)N1CCN(c2ccccc2F)CC1. The molecule has 1 saturated heterocycles. The Hall–Kier alpha value is -3.33. The van der Waals surface area contributed by atoms with Crippen molar-refractivity contribution < 1.29 is 14.0 Å². The Morgan fingerprint density at radius 3 is 2.47 bits per heavy atom. The number of hydrogen-bond acceptors (Lipinski definition) is 6. The molecule has 9 heteroatoms. The Morgan fingerprint density at radius 2 is 1.80 bits per heavy atom.